The average Bonchev–Trinajstić information content (AvgIpc) is 2.38. The lowest BCUT2D eigenvalue weighted by Crippen LogP contribution is -2.06. The van der Waals surface area contributed by atoms with Crippen LogP contribution in [0.1, 0.15) is 50.7 Å². The number of oxime groups is 1. The Labute approximate surface area is 97.3 Å². The molecule has 1 aromatic rings. The van der Waals surface area contributed by atoms with Crippen LogP contribution in [0.5, 0.6) is 0 Å². The average molecular weight is 217 g/mol. The van der Waals surface area contributed by atoms with E-state index in [4.69, 9.17) is 4.84 Å². The molecule has 1 atom stereocenters. The molecule has 2 nitrogen and oxygen atoms in total. The Morgan fingerprint density at radius 1 is 1.06 bits per heavy atom. The molecule has 0 saturated heterocycles. The summed E-state index contributed by atoms with van der Waals surface area (Å²) in [5.41, 5.74) is 2.41. The number of rotatable bonds is 3. The van der Waals surface area contributed by atoms with Gasteiger partial charge in [0.2, 0.25) is 0 Å². The fraction of sp³-hybridized carbons (Fsp3) is 0.500. The maximum absolute atomic E-state index is 5.56. The third kappa shape index (κ3) is 3.09. The lowest BCUT2D eigenvalue weighted by Gasteiger charge is -2.14. The van der Waals surface area contributed by atoms with Crippen molar-refractivity contribution in [1.82, 2.24) is 0 Å². The van der Waals surface area contributed by atoms with Gasteiger partial charge in [0.25, 0.3) is 0 Å². The van der Waals surface area contributed by atoms with Gasteiger partial charge in [0, 0.05) is 0 Å². The number of nitrogens with zero attached hydrogens (tertiary/aromatic N) is 1. The predicted molar refractivity (Wildman–Crippen MR) is 66.5 cm³/mol. The van der Waals surface area contributed by atoms with Crippen molar-refractivity contribution in [2.45, 2.75) is 45.1 Å². The summed E-state index contributed by atoms with van der Waals surface area (Å²) in [6.45, 7) is 2.04. The van der Waals surface area contributed by atoms with Crippen molar-refractivity contribution in [3.8, 4) is 0 Å². The van der Waals surface area contributed by atoms with Crippen LogP contribution in [0.25, 0.3) is 0 Å². The fourth-order valence-electron chi connectivity index (χ4n) is 1.99. The molecular weight excluding hydrogens is 198 g/mol. The van der Waals surface area contributed by atoms with E-state index in [2.05, 4.69) is 17.3 Å². The molecule has 0 aromatic heterocycles. The van der Waals surface area contributed by atoms with Crippen molar-refractivity contribution in [3.63, 3.8) is 0 Å². The van der Waals surface area contributed by atoms with Gasteiger partial charge in [-0.1, -0.05) is 41.9 Å². The second-order valence-corrected chi connectivity index (χ2v) is 4.38. The maximum atomic E-state index is 5.56. The Balaban J connectivity index is 1.90. The van der Waals surface area contributed by atoms with E-state index in [1.807, 2.05) is 25.1 Å². The monoisotopic (exact) mass is 217 g/mol. The summed E-state index contributed by atoms with van der Waals surface area (Å²) in [4.78, 5) is 5.56. The Hall–Kier alpha value is -1.31. The lowest BCUT2D eigenvalue weighted by atomic mass is 9.99. The van der Waals surface area contributed by atoms with E-state index in [0.29, 0.717) is 0 Å². The van der Waals surface area contributed by atoms with Gasteiger partial charge in [0.1, 0.15) is 6.10 Å². The van der Waals surface area contributed by atoms with Crippen LogP contribution in [0.3, 0.4) is 0 Å². The van der Waals surface area contributed by atoms with Crippen molar-refractivity contribution in [2.24, 2.45) is 5.16 Å². The standard InChI is InChI=1S/C14H19NO/c1-12(13-8-4-2-5-9-13)16-15-14-10-6-3-7-11-14/h2,4-5,8-9,12H,3,6-7,10-11H2,1H3. The molecule has 0 bridgehead atoms. The van der Waals surface area contributed by atoms with Crippen molar-refractivity contribution < 1.29 is 4.84 Å². The first-order chi connectivity index (χ1) is 7.86. The molecule has 0 amide bonds. The van der Waals surface area contributed by atoms with Gasteiger partial charge in [-0.3, -0.25) is 0 Å². The highest BCUT2D eigenvalue weighted by atomic mass is 16.6. The SMILES string of the molecule is CC(ON=C1CCCCC1)c1ccccc1. The van der Waals surface area contributed by atoms with Crippen molar-refractivity contribution in [3.05, 3.63) is 35.9 Å². The lowest BCUT2D eigenvalue weighted by molar-refractivity contribution is 0.0710. The van der Waals surface area contributed by atoms with E-state index >= 15 is 0 Å². The summed E-state index contributed by atoms with van der Waals surface area (Å²) in [5, 5.41) is 4.28. The Morgan fingerprint density at radius 3 is 2.44 bits per heavy atom. The minimum Gasteiger partial charge on any atom is -0.388 e. The first kappa shape index (κ1) is 11.2. The summed E-state index contributed by atoms with van der Waals surface area (Å²) in [5.74, 6) is 0. The highest BCUT2D eigenvalue weighted by Gasteiger charge is 2.09. The summed E-state index contributed by atoms with van der Waals surface area (Å²) in [6.07, 6.45) is 6.15. The minimum atomic E-state index is 0.0515. The maximum Gasteiger partial charge on any atom is 0.149 e. The van der Waals surface area contributed by atoms with Crippen LogP contribution < -0.4 is 0 Å². The Bertz CT molecular complexity index is 337. The molecule has 1 aromatic carbocycles. The van der Waals surface area contributed by atoms with E-state index in [9.17, 15) is 0 Å². The molecule has 0 N–H and O–H groups in total. The van der Waals surface area contributed by atoms with Crippen LogP contribution in [-0.4, -0.2) is 5.71 Å². The van der Waals surface area contributed by atoms with Crippen LogP contribution in [-0.2, 0) is 4.84 Å². The zero-order valence-electron chi connectivity index (χ0n) is 9.86. The second kappa shape index (κ2) is 5.69. The van der Waals surface area contributed by atoms with Gasteiger partial charge in [-0.2, -0.15) is 0 Å². The first-order valence-electron chi connectivity index (χ1n) is 6.13. The molecule has 1 aliphatic carbocycles. The highest BCUT2D eigenvalue weighted by molar-refractivity contribution is 5.84. The third-order valence-corrected chi connectivity index (χ3v) is 3.04. The molecule has 2 heteroatoms. The van der Waals surface area contributed by atoms with Gasteiger partial charge in [0.15, 0.2) is 0 Å². The third-order valence-electron chi connectivity index (χ3n) is 3.04. The van der Waals surface area contributed by atoms with Crippen LogP contribution in [0.2, 0.25) is 0 Å². The van der Waals surface area contributed by atoms with E-state index in [0.717, 1.165) is 12.8 Å². The largest absolute Gasteiger partial charge is 0.388 e. The van der Waals surface area contributed by atoms with Gasteiger partial charge < -0.3 is 4.84 Å². The van der Waals surface area contributed by atoms with Crippen LogP contribution in [0, 0.1) is 0 Å². The summed E-state index contributed by atoms with van der Waals surface area (Å²) < 4.78 is 0. The zero-order chi connectivity index (χ0) is 11.2. The molecule has 16 heavy (non-hydrogen) atoms. The quantitative estimate of drug-likeness (QED) is 0.699. The number of hydrogen-bond donors (Lipinski definition) is 0. The molecule has 0 aliphatic heterocycles. The molecule has 1 aliphatic rings. The first-order valence-corrected chi connectivity index (χ1v) is 6.13. The second-order valence-electron chi connectivity index (χ2n) is 4.38. The Kier molecular flexibility index (Phi) is 3.97. The molecule has 2 rings (SSSR count). The molecular formula is C14H19NO. The Morgan fingerprint density at radius 2 is 1.75 bits per heavy atom. The minimum absolute atomic E-state index is 0.0515. The van der Waals surface area contributed by atoms with Gasteiger partial charge in [-0.05, 0) is 38.2 Å². The van der Waals surface area contributed by atoms with E-state index in [1.54, 1.807) is 0 Å². The molecule has 1 saturated carbocycles. The molecule has 86 valence electrons. The molecule has 0 radical (unpaired) electrons. The predicted octanol–water partition coefficient (Wildman–Crippen LogP) is 4.08. The van der Waals surface area contributed by atoms with Crippen LogP contribution >= 0.6 is 0 Å². The molecule has 0 spiro atoms. The molecule has 1 fully saturated rings. The van der Waals surface area contributed by atoms with Crippen molar-refractivity contribution >= 4 is 5.71 Å². The van der Waals surface area contributed by atoms with Gasteiger partial charge in [-0.15, -0.1) is 0 Å². The number of hydrogen-bond acceptors (Lipinski definition) is 2. The summed E-state index contributed by atoms with van der Waals surface area (Å²) in [7, 11) is 0. The van der Waals surface area contributed by atoms with Gasteiger partial charge in [-0.25, -0.2) is 0 Å². The van der Waals surface area contributed by atoms with Crippen LogP contribution in [0.15, 0.2) is 35.5 Å². The topological polar surface area (TPSA) is 21.6 Å². The van der Waals surface area contributed by atoms with E-state index in [-0.39, 0.29) is 6.10 Å². The van der Waals surface area contributed by atoms with Gasteiger partial charge >= 0.3 is 0 Å². The smallest absolute Gasteiger partial charge is 0.149 e. The number of benzene rings is 1. The highest BCUT2D eigenvalue weighted by Crippen LogP contribution is 2.19. The molecule has 1 unspecified atom stereocenters. The normalized spacial score (nSPS) is 17.9. The zero-order valence-corrected chi connectivity index (χ0v) is 9.86. The van der Waals surface area contributed by atoms with Crippen molar-refractivity contribution in [2.75, 3.05) is 0 Å². The van der Waals surface area contributed by atoms with E-state index in [1.165, 1.54) is 30.5 Å². The fourth-order valence-corrected chi connectivity index (χ4v) is 1.99. The summed E-state index contributed by atoms with van der Waals surface area (Å²) in [6, 6.07) is 10.2. The van der Waals surface area contributed by atoms with Gasteiger partial charge in [0.05, 0.1) is 5.71 Å². The van der Waals surface area contributed by atoms with E-state index < -0.39 is 0 Å². The summed E-state index contributed by atoms with van der Waals surface area (Å²) >= 11 is 0. The van der Waals surface area contributed by atoms with Crippen molar-refractivity contribution in [1.29, 1.82) is 0 Å². The van der Waals surface area contributed by atoms with Crippen LogP contribution in [0.4, 0.5) is 0 Å². The molecule has 0 heterocycles.